The highest BCUT2D eigenvalue weighted by molar-refractivity contribution is 7.88. The van der Waals surface area contributed by atoms with Crippen LogP contribution in [0.15, 0.2) is 42.5 Å². The summed E-state index contributed by atoms with van der Waals surface area (Å²) in [6.45, 7) is 8.71. The molecule has 0 saturated carbocycles. The zero-order valence-corrected chi connectivity index (χ0v) is 19.7. The third-order valence-corrected chi connectivity index (χ3v) is 7.79. The van der Waals surface area contributed by atoms with Gasteiger partial charge in [0.1, 0.15) is 0 Å². The average molecular weight is 444 g/mol. The predicted octanol–water partition coefficient (Wildman–Crippen LogP) is 3.26. The van der Waals surface area contributed by atoms with Crippen LogP contribution < -0.4 is 5.32 Å². The van der Waals surface area contributed by atoms with Crippen molar-refractivity contribution in [3.63, 3.8) is 0 Å². The number of rotatable bonds is 7. The van der Waals surface area contributed by atoms with Crippen molar-refractivity contribution >= 4 is 15.9 Å². The van der Waals surface area contributed by atoms with E-state index in [-0.39, 0.29) is 17.7 Å². The van der Waals surface area contributed by atoms with E-state index < -0.39 is 10.0 Å². The third kappa shape index (κ3) is 5.93. The monoisotopic (exact) mass is 443 g/mol. The van der Waals surface area contributed by atoms with Crippen molar-refractivity contribution in [2.24, 2.45) is 0 Å². The number of hydrogen-bond donors (Lipinski definition) is 1. The van der Waals surface area contributed by atoms with Crippen LogP contribution in [0.25, 0.3) is 0 Å². The molecule has 0 bridgehead atoms. The highest BCUT2D eigenvalue weighted by Crippen LogP contribution is 2.22. The second-order valence-corrected chi connectivity index (χ2v) is 10.4. The van der Waals surface area contributed by atoms with Crippen LogP contribution in [-0.4, -0.2) is 56.8 Å². The minimum Gasteiger partial charge on any atom is -0.345 e. The van der Waals surface area contributed by atoms with E-state index in [2.05, 4.69) is 49.2 Å². The number of aryl methyl sites for hydroxylation is 2. The summed E-state index contributed by atoms with van der Waals surface area (Å²) in [6.07, 6.45) is 0.789. The van der Waals surface area contributed by atoms with Gasteiger partial charge in [-0.25, -0.2) is 8.42 Å². The molecule has 1 fully saturated rings. The Bertz CT molecular complexity index is 1010. The summed E-state index contributed by atoms with van der Waals surface area (Å²) >= 11 is 0. The highest BCUT2D eigenvalue weighted by Gasteiger charge is 2.26. The van der Waals surface area contributed by atoms with E-state index in [0.29, 0.717) is 24.2 Å². The number of hydrogen-bond acceptors (Lipinski definition) is 4. The molecule has 3 rings (SSSR count). The molecule has 1 N–H and O–H groups in total. The van der Waals surface area contributed by atoms with Crippen LogP contribution in [-0.2, 0) is 15.8 Å². The van der Waals surface area contributed by atoms with Gasteiger partial charge in [-0.05, 0) is 56.1 Å². The van der Waals surface area contributed by atoms with Crippen LogP contribution in [0.1, 0.15) is 52.0 Å². The van der Waals surface area contributed by atoms with Gasteiger partial charge in [-0.3, -0.25) is 4.79 Å². The zero-order chi connectivity index (χ0) is 22.6. The van der Waals surface area contributed by atoms with Crippen LogP contribution in [0.4, 0.5) is 0 Å². The Kier molecular flexibility index (Phi) is 7.51. The first-order chi connectivity index (χ1) is 14.7. The molecule has 31 heavy (non-hydrogen) atoms. The number of amides is 1. The van der Waals surface area contributed by atoms with Crippen molar-refractivity contribution in [3.05, 3.63) is 70.3 Å². The lowest BCUT2D eigenvalue weighted by atomic mass is 9.97. The largest absolute Gasteiger partial charge is 0.345 e. The summed E-state index contributed by atoms with van der Waals surface area (Å²) in [5, 5.41) is 3.11. The topological polar surface area (TPSA) is 69.7 Å². The fraction of sp³-hybridized carbons (Fsp3) is 0.458. The van der Waals surface area contributed by atoms with E-state index in [1.54, 1.807) is 28.6 Å². The van der Waals surface area contributed by atoms with Crippen LogP contribution >= 0.6 is 0 Å². The Morgan fingerprint density at radius 3 is 2.26 bits per heavy atom. The summed E-state index contributed by atoms with van der Waals surface area (Å²) in [5.74, 6) is -0.195. The number of carbonyl (C=O) groups excluding carboxylic acids is 1. The molecular formula is C24H33N3O3S. The van der Waals surface area contributed by atoms with Crippen molar-refractivity contribution in [1.82, 2.24) is 14.5 Å². The molecule has 1 aliphatic heterocycles. The van der Waals surface area contributed by atoms with Crippen LogP contribution in [0.3, 0.4) is 0 Å². The van der Waals surface area contributed by atoms with Crippen molar-refractivity contribution in [1.29, 1.82) is 0 Å². The Morgan fingerprint density at radius 2 is 1.68 bits per heavy atom. The van der Waals surface area contributed by atoms with Gasteiger partial charge in [-0.2, -0.15) is 4.31 Å². The molecule has 1 saturated heterocycles. The standard InChI is InChI=1S/C24H33N3O3S/c1-5-23(22-11-6-18(2)16-19(22)3)25-24(28)21-9-7-20(8-10-21)17-31(29,30)27-14-12-26(4)13-15-27/h6-11,16,23H,5,12-15,17H2,1-4H3,(H,25,28). The molecule has 7 heteroatoms. The van der Waals surface area contributed by atoms with Gasteiger partial charge >= 0.3 is 0 Å². The van der Waals surface area contributed by atoms with Gasteiger partial charge in [0.05, 0.1) is 11.8 Å². The van der Waals surface area contributed by atoms with Gasteiger partial charge in [-0.1, -0.05) is 42.8 Å². The Balaban J connectivity index is 1.65. The smallest absolute Gasteiger partial charge is 0.251 e. The van der Waals surface area contributed by atoms with Gasteiger partial charge < -0.3 is 10.2 Å². The van der Waals surface area contributed by atoms with Gasteiger partial charge in [0.25, 0.3) is 5.91 Å². The number of sulfonamides is 1. The minimum atomic E-state index is -3.35. The van der Waals surface area contributed by atoms with Crippen LogP contribution in [0.2, 0.25) is 0 Å². The molecule has 1 unspecified atom stereocenters. The van der Waals surface area contributed by atoms with E-state index in [0.717, 1.165) is 30.6 Å². The molecule has 0 spiro atoms. The summed E-state index contributed by atoms with van der Waals surface area (Å²) in [5.41, 5.74) is 4.71. The van der Waals surface area contributed by atoms with E-state index in [1.807, 2.05) is 7.05 Å². The number of nitrogens with one attached hydrogen (secondary N) is 1. The molecule has 0 aromatic heterocycles. The van der Waals surface area contributed by atoms with E-state index in [4.69, 9.17) is 0 Å². The quantitative estimate of drug-likeness (QED) is 0.713. The van der Waals surface area contributed by atoms with E-state index in [1.165, 1.54) is 5.56 Å². The fourth-order valence-electron chi connectivity index (χ4n) is 3.98. The number of nitrogens with zero attached hydrogens (tertiary/aromatic N) is 2. The minimum absolute atomic E-state index is 0.0429. The molecule has 6 nitrogen and oxygen atoms in total. The lowest BCUT2D eigenvalue weighted by Gasteiger charge is -2.31. The molecule has 1 amide bonds. The van der Waals surface area contributed by atoms with Crippen molar-refractivity contribution in [2.45, 2.75) is 39.0 Å². The zero-order valence-electron chi connectivity index (χ0n) is 18.9. The molecular weight excluding hydrogens is 410 g/mol. The summed E-state index contributed by atoms with van der Waals surface area (Å²) in [7, 11) is -1.36. The first kappa shape index (κ1) is 23.4. The second-order valence-electron chi connectivity index (χ2n) is 8.45. The Morgan fingerprint density at radius 1 is 1.03 bits per heavy atom. The molecule has 2 aromatic rings. The maximum absolute atomic E-state index is 12.8. The molecule has 0 radical (unpaired) electrons. The van der Waals surface area contributed by atoms with E-state index in [9.17, 15) is 13.2 Å². The van der Waals surface area contributed by atoms with Gasteiger partial charge in [0.15, 0.2) is 0 Å². The van der Waals surface area contributed by atoms with Crippen LogP contribution in [0.5, 0.6) is 0 Å². The number of piperazine rings is 1. The summed E-state index contributed by atoms with van der Waals surface area (Å²) in [4.78, 5) is 14.9. The maximum Gasteiger partial charge on any atom is 0.251 e. The highest BCUT2D eigenvalue weighted by atomic mass is 32.2. The van der Waals surface area contributed by atoms with Gasteiger partial charge in [0, 0.05) is 31.7 Å². The van der Waals surface area contributed by atoms with E-state index >= 15 is 0 Å². The SMILES string of the molecule is CCC(NC(=O)c1ccc(CS(=O)(=O)N2CCN(C)CC2)cc1)c1ccc(C)cc1C. The second kappa shape index (κ2) is 9.94. The molecule has 2 aromatic carbocycles. The first-order valence-electron chi connectivity index (χ1n) is 10.8. The summed E-state index contributed by atoms with van der Waals surface area (Å²) in [6, 6.07) is 13.1. The van der Waals surface area contributed by atoms with Crippen molar-refractivity contribution in [3.8, 4) is 0 Å². The Hall–Kier alpha value is -2.22. The molecule has 0 aliphatic carbocycles. The van der Waals surface area contributed by atoms with Gasteiger partial charge in [0.2, 0.25) is 10.0 Å². The first-order valence-corrected chi connectivity index (χ1v) is 12.4. The number of benzene rings is 2. The molecule has 1 heterocycles. The fourth-order valence-corrected chi connectivity index (χ4v) is 5.49. The molecule has 1 aliphatic rings. The molecule has 1 atom stereocenters. The van der Waals surface area contributed by atoms with Crippen molar-refractivity contribution in [2.75, 3.05) is 33.2 Å². The predicted molar refractivity (Wildman–Crippen MR) is 125 cm³/mol. The van der Waals surface area contributed by atoms with Gasteiger partial charge in [-0.15, -0.1) is 0 Å². The molecule has 168 valence electrons. The normalized spacial score (nSPS) is 16.8. The number of carbonyl (C=O) groups is 1. The lowest BCUT2D eigenvalue weighted by Crippen LogP contribution is -2.47. The average Bonchev–Trinajstić information content (AvgIpc) is 2.73. The maximum atomic E-state index is 12.8. The van der Waals surface area contributed by atoms with Crippen molar-refractivity contribution < 1.29 is 13.2 Å². The number of likely N-dealkylation sites (N-methyl/N-ethyl adjacent to an activating group) is 1. The third-order valence-electron chi connectivity index (χ3n) is 5.94. The Labute approximate surface area is 186 Å². The summed E-state index contributed by atoms with van der Waals surface area (Å²) < 4.78 is 27.0. The lowest BCUT2D eigenvalue weighted by molar-refractivity contribution is 0.0935. The van der Waals surface area contributed by atoms with Crippen LogP contribution in [0, 0.1) is 13.8 Å².